The van der Waals surface area contributed by atoms with Crippen molar-refractivity contribution in [1.29, 1.82) is 0 Å². The van der Waals surface area contributed by atoms with Crippen LogP contribution in [-0.4, -0.2) is 82.6 Å². The van der Waals surface area contributed by atoms with Gasteiger partial charge in [0.2, 0.25) is 0 Å². The van der Waals surface area contributed by atoms with Gasteiger partial charge in [0.05, 0.1) is 11.1 Å². The van der Waals surface area contributed by atoms with Gasteiger partial charge in [0.15, 0.2) is 0 Å². The van der Waals surface area contributed by atoms with Crippen molar-refractivity contribution in [3.8, 4) is 0 Å². The SMILES string of the molecule is CN(C)C(=O)N1CC[C@]2(O)CCN(C(=O)c3ccc4ncccc4c3)C[C@@H]2C1. The zero-order valence-corrected chi connectivity index (χ0v) is 16.3. The van der Waals surface area contributed by atoms with Crippen LogP contribution in [0.15, 0.2) is 36.5 Å². The van der Waals surface area contributed by atoms with Crippen molar-refractivity contribution in [2.24, 2.45) is 5.92 Å². The molecule has 7 heteroatoms. The van der Waals surface area contributed by atoms with E-state index in [0.717, 1.165) is 10.9 Å². The maximum Gasteiger partial charge on any atom is 0.319 e. The molecule has 1 aromatic carbocycles. The molecule has 2 atom stereocenters. The van der Waals surface area contributed by atoms with Gasteiger partial charge in [0, 0.05) is 63.3 Å². The van der Waals surface area contributed by atoms with Crippen molar-refractivity contribution < 1.29 is 14.7 Å². The number of hydrogen-bond acceptors (Lipinski definition) is 4. The Morgan fingerprint density at radius 3 is 2.61 bits per heavy atom. The first-order valence-electron chi connectivity index (χ1n) is 9.70. The summed E-state index contributed by atoms with van der Waals surface area (Å²) in [5.74, 6) is -0.172. The molecule has 4 rings (SSSR count). The summed E-state index contributed by atoms with van der Waals surface area (Å²) in [5, 5.41) is 12.0. The van der Waals surface area contributed by atoms with E-state index in [4.69, 9.17) is 0 Å². The molecule has 1 N–H and O–H groups in total. The predicted molar refractivity (Wildman–Crippen MR) is 106 cm³/mol. The first-order chi connectivity index (χ1) is 13.4. The summed E-state index contributed by atoms with van der Waals surface area (Å²) in [6, 6.07) is 9.29. The number of aliphatic hydroxyl groups is 1. The van der Waals surface area contributed by atoms with E-state index in [1.807, 2.05) is 24.3 Å². The van der Waals surface area contributed by atoms with Crippen LogP contribution < -0.4 is 0 Å². The van der Waals surface area contributed by atoms with Crippen molar-refractivity contribution in [2.75, 3.05) is 40.3 Å². The van der Waals surface area contributed by atoms with E-state index in [-0.39, 0.29) is 17.9 Å². The molecule has 2 fully saturated rings. The van der Waals surface area contributed by atoms with Gasteiger partial charge in [-0.15, -0.1) is 0 Å². The molecule has 3 heterocycles. The van der Waals surface area contributed by atoms with Gasteiger partial charge in [-0.05, 0) is 37.1 Å². The summed E-state index contributed by atoms with van der Waals surface area (Å²) in [4.78, 5) is 34.8. The Morgan fingerprint density at radius 1 is 1.14 bits per heavy atom. The zero-order valence-electron chi connectivity index (χ0n) is 16.3. The number of carbonyl (C=O) groups excluding carboxylic acids is 2. The van der Waals surface area contributed by atoms with Gasteiger partial charge in [0.25, 0.3) is 5.91 Å². The molecule has 0 bridgehead atoms. The second kappa shape index (κ2) is 7.05. The smallest absolute Gasteiger partial charge is 0.319 e. The highest BCUT2D eigenvalue weighted by atomic mass is 16.3. The summed E-state index contributed by atoms with van der Waals surface area (Å²) >= 11 is 0. The van der Waals surface area contributed by atoms with Crippen LogP contribution in [0, 0.1) is 5.92 Å². The second-order valence-electron chi connectivity index (χ2n) is 8.09. The second-order valence-corrected chi connectivity index (χ2v) is 8.09. The molecule has 0 saturated carbocycles. The van der Waals surface area contributed by atoms with Gasteiger partial charge >= 0.3 is 6.03 Å². The van der Waals surface area contributed by atoms with Gasteiger partial charge in [-0.2, -0.15) is 0 Å². The van der Waals surface area contributed by atoms with Crippen LogP contribution >= 0.6 is 0 Å². The van der Waals surface area contributed by atoms with E-state index in [9.17, 15) is 14.7 Å². The maximum absolute atomic E-state index is 13.1. The highest BCUT2D eigenvalue weighted by molar-refractivity contribution is 5.98. The van der Waals surface area contributed by atoms with Gasteiger partial charge in [-0.25, -0.2) is 4.79 Å². The predicted octanol–water partition coefficient (Wildman–Crippen LogP) is 1.82. The van der Waals surface area contributed by atoms with E-state index in [0.29, 0.717) is 44.6 Å². The average molecular weight is 382 g/mol. The molecule has 0 spiro atoms. The fraction of sp³-hybridized carbons (Fsp3) is 0.476. The van der Waals surface area contributed by atoms with E-state index in [1.165, 1.54) is 0 Å². The van der Waals surface area contributed by atoms with Crippen LogP contribution in [0.3, 0.4) is 0 Å². The van der Waals surface area contributed by atoms with E-state index < -0.39 is 5.60 Å². The van der Waals surface area contributed by atoms with Crippen molar-refractivity contribution in [1.82, 2.24) is 19.7 Å². The third-order valence-electron chi connectivity index (χ3n) is 6.06. The van der Waals surface area contributed by atoms with Crippen molar-refractivity contribution >= 4 is 22.8 Å². The van der Waals surface area contributed by atoms with Crippen LogP contribution in [0.5, 0.6) is 0 Å². The molecule has 0 radical (unpaired) electrons. The fourth-order valence-corrected chi connectivity index (χ4v) is 4.33. The van der Waals surface area contributed by atoms with Gasteiger partial charge in [-0.3, -0.25) is 9.78 Å². The maximum atomic E-state index is 13.1. The number of pyridine rings is 1. The molecular formula is C21H26N4O3. The van der Waals surface area contributed by atoms with Crippen LogP contribution in [0.4, 0.5) is 4.79 Å². The van der Waals surface area contributed by atoms with E-state index >= 15 is 0 Å². The number of urea groups is 1. The Morgan fingerprint density at radius 2 is 1.86 bits per heavy atom. The van der Waals surface area contributed by atoms with Crippen molar-refractivity contribution in [2.45, 2.75) is 18.4 Å². The molecule has 3 amide bonds. The van der Waals surface area contributed by atoms with Gasteiger partial charge in [-0.1, -0.05) is 6.07 Å². The minimum Gasteiger partial charge on any atom is -0.389 e. The number of piperidine rings is 2. The largest absolute Gasteiger partial charge is 0.389 e. The summed E-state index contributed by atoms with van der Waals surface area (Å²) in [7, 11) is 3.46. The van der Waals surface area contributed by atoms with Crippen LogP contribution in [-0.2, 0) is 0 Å². The molecule has 0 unspecified atom stereocenters. The first-order valence-corrected chi connectivity index (χ1v) is 9.70. The Hall–Kier alpha value is -2.67. The quantitative estimate of drug-likeness (QED) is 0.816. The minimum atomic E-state index is -0.798. The number of amides is 3. The highest BCUT2D eigenvalue weighted by Crippen LogP contribution is 2.36. The molecular weight excluding hydrogens is 356 g/mol. The van der Waals surface area contributed by atoms with Gasteiger partial charge in [0.1, 0.15) is 0 Å². The Labute approximate surface area is 164 Å². The third-order valence-corrected chi connectivity index (χ3v) is 6.06. The number of carbonyl (C=O) groups is 2. The fourth-order valence-electron chi connectivity index (χ4n) is 4.33. The molecule has 28 heavy (non-hydrogen) atoms. The first kappa shape index (κ1) is 18.7. The molecule has 2 aromatic rings. The highest BCUT2D eigenvalue weighted by Gasteiger charge is 2.47. The van der Waals surface area contributed by atoms with Gasteiger partial charge < -0.3 is 19.8 Å². The van der Waals surface area contributed by atoms with Crippen LogP contribution in [0.1, 0.15) is 23.2 Å². The molecule has 148 valence electrons. The molecule has 0 aliphatic carbocycles. The lowest BCUT2D eigenvalue weighted by molar-refractivity contribution is -0.100. The lowest BCUT2D eigenvalue weighted by atomic mass is 9.75. The molecule has 7 nitrogen and oxygen atoms in total. The number of likely N-dealkylation sites (tertiary alicyclic amines) is 2. The van der Waals surface area contributed by atoms with E-state index in [2.05, 4.69) is 4.98 Å². The third kappa shape index (κ3) is 3.30. The van der Waals surface area contributed by atoms with Crippen molar-refractivity contribution in [3.05, 3.63) is 42.1 Å². The standard InChI is InChI=1S/C21H26N4O3/c1-23(2)20(27)25-11-8-21(28)7-10-24(13-17(21)14-25)19(26)16-5-6-18-15(12-16)4-3-9-22-18/h3-6,9,12,17,28H,7-8,10-11,13-14H2,1-2H3/t17-,21-/m1/s1. The van der Waals surface area contributed by atoms with Crippen LogP contribution in [0.2, 0.25) is 0 Å². The number of nitrogens with zero attached hydrogens (tertiary/aromatic N) is 4. The normalized spacial score (nSPS) is 24.8. The topological polar surface area (TPSA) is 77.0 Å². The number of fused-ring (bicyclic) bond motifs is 2. The number of rotatable bonds is 1. The Balaban J connectivity index is 1.51. The summed E-state index contributed by atoms with van der Waals surface area (Å²) < 4.78 is 0. The lowest BCUT2D eigenvalue weighted by Crippen LogP contribution is -2.62. The molecule has 2 aliphatic rings. The minimum absolute atomic E-state index is 0.0381. The summed E-state index contributed by atoms with van der Waals surface area (Å²) in [6.45, 7) is 2.00. The van der Waals surface area contributed by atoms with E-state index in [1.54, 1.807) is 41.1 Å². The summed E-state index contributed by atoms with van der Waals surface area (Å²) in [5.41, 5.74) is 0.688. The Kier molecular flexibility index (Phi) is 4.71. The monoisotopic (exact) mass is 382 g/mol. The molecule has 2 saturated heterocycles. The molecule has 2 aliphatic heterocycles. The molecule has 1 aromatic heterocycles. The average Bonchev–Trinajstić information content (AvgIpc) is 2.71. The Bertz CT molecular complexity index is 915. The summed E-state index contributed by atoms with van der Waals surface area (Å²) in [6.07, 6.45) is 2.84. The van der Waals surface area contributed by atoms with Crippen LogP contribution in [0.25, 0.3) is 10.9 Å². The lowest BCUT2D eigenvalue weighted by Gasteiger charge is -2.50. The number of benzene rings is 1. The zero-order chi connectivity index (χ0) is 19.9. The number of aromatic nitrogens is 1. The van der Waals surface area contributed by atoms with Crippen molar-refractivity contribution in [3.63, 3.8) is 0 Å². The number of hydrogen-bond donors (Lipinski definition) is 1.